The Morgan fingerprint density at radius 3 is 2.90 bits per heavy atom. The summed E-state index contributed by atoms with van der Waals surface area (Å²) in [5.74, 6) is 0. The summed E-state index contributed by atoms with van der Waals surface area (Å²) in [7, 11) is 4.23. The highest BCUT2D eigenvalue weighted by Gasteiger charge is 2.09. The van der Waals surface area contributed by atoms with E-state index < -0.39 is 0 Å². The lowest BCUT2D eigenvalue weighted by Gasteiger charge is -2.15. The van der Waals surface area contributed by atoms with Crippen LogP contribution in [-0.4, -0.2) is 43.3 Å². The third-order valence-electron chi connectivity index (χ3n) is 3.90. The Morgan fingerprint density at radius 2 is 2.15 bits per heavy atom. The fraction of sp³-hybridized carbons (Fsp3) is 0.412. The molecule has 1 aromatic carbocycles. The number of aromatic nitrogens is 1. The van der Waals surface area contributed by atoms with Crippen molar-refractivity contribution in [2.75, 3.05) is 33.9 Å². The van der Waals surface area contributed by atoms with Crippen LogP contribution >= 0.6 is 0 Å². The molecule has 20 heavy (non-hydrogen) atoms. The molecule has 3 rings (SSSR count). The maximum atomic E-state index is 5.40. The zero-order valence-corrected chi connectivity index (χ0v) is 12.3. The largest absolute Gasteiger partial charge is 0.377 e. The van der Waals surface area contributed by atoms with E-state index in [9.17, 15) is 0 Å². The predicted octanol–water partition coefficient (Wildman–Crippen LogP) is 3.01. The van der Waals surface area contributed by atoms with Gasteiger partial charge in [0.15, 0.2) is 0 Å². The number of hydrogen-bond acceptors (Lipinski definition) is 2. The maximum absolute atomic E-state index is 5.40. The van der Waals surface area contributed by atoms with Crippen molar-refractivity contribution in [3.8, 4) is 0 Å². The molecule has 1 aromatic heterocycles. The van der Waals surface area contributed by atoms with E-state index in [0.717, 1.165) is 32.7 Å². The summed E-state index contributed by atoms with van der Waals surface area (Å²) in [5.41, 5.74) is 4.08. The summed E-state index contributed by atoms with van der Waals surface area (Å²) in [6.07, 6.45) is 5.41. The van der Waals surface area contributed by atoms with Crippen LogP contribution in [0.15, 0.2) is 36.5 Å². The van der Waals surface area contributed by atoms with Crippen LogP contribution in [0.25, 0.3) is 16.5 Å². The lowest BCUT2D eigenvalue weighted by Crippen LogP contribution is -2.17. The molecule has 0 radical (unpaired) electrons. The second-order valence-corrected chi connectivity index (χ2v) is 5.64. The summed E-state index contributed by atoms with van der Waals surface area (Å²) in [6.45, 7) is 3.67. The van der Waals surface area contributed by atoms with Crippen LogP contribution < -0.4 is 0 Å². The van der Waals surface area contributed by atoms with Gasteiger partial charge in [0.25, 0.3) is 0 Å². The molecule has 3 nitrogen and oxygen atoms in total. The Balaban J connectivity index is 1.92. The fourth-order valence-corrected chi connectivity index (χ4v) is 2.68. The van der Waals surface area contributed by atoms with Gasteiger partial charge in [0, 0.05) is 24.8 Å². The normalized spacial score (nSPS) is 15.8. The Morgan fingerprint density at radius 1 is 1.25 bits per heavy atom. The zero-order chi connectivity index (χ0) is 13.9. The Hall–Kier alpha value is -1.58. The molecule has 0 unspecified atom stereocenters. The topological polar surface area (TPSA) is 17.4 Å². The van der Waals surface area contributed by atoms with Crippen LogP contribution in [-0.2, 0) is 11.3 Å². The predicted molar refractivity (Wildman–Crippen MR) is 83.9 cm³/mol. The van der Waals surface area contributed by atoms with Gasteiger partial charge in [-0.05, 0) is 49.2 Å². The number of benzene rings is 1. The minimum absolute atomic E-state index is 0.745. The van der Waals surface area contributed by atoms with E-state index in [0.29, 0.717) is 0 Å². The molecule has 0 saturated carbocycles. The molecule has 3 heteroatoms. The highest BCUT2D eigenvalue weighted by Crippen LogP contribution is 2.25. The van der Waals surface area contributed by atoms with Gasteiger partial charge in [-0.3, -0.25) is 0 Å². The van der Waals surface area contributed by atoms with Crippen LogP contribution in [0.1, 0.15) is 12.0 Å². The molecular formula is C17H22N2O. The molecule has 2 aromatic rings. The van der Waals surface area contributed by atoms with Gasteiger partial charge in [-0.1, -0.05) is 18.2 Å². The van der Waals surface area contributed by atoms with Crippen molar-refractivity contribution < 1.29 is 4.74 Å². The van der Waals surface area contributed by atoms with Gasteiger partial charge in [-0.25, -0.2) is 0 Å². The molecule has 0 fully saturated rings. The first kappa shape index (κ1) is 13.4. The first-order valence-electron chi connectivity index (χ1n) is 7.25. The van der Waals surface area contributed by atoms with Crippen molar-refractivity contribution in [2.45, 2.75) is 13.0 Å². The van der Waals surface area contributed by atoms with Crippen molar-refractivity contribution in [1.82, 2.24) is 9.47 Å². The van der Waals surface area contributed by atoms with Crippen LogP contribution in [0.4, 0.5) is 0 Å². The van der Waals surface area contributed by atoms with E-state index in [1.165, 1.54) is 22.0 Å². The van der Waals surface area contributed by atoms with E-state index in [2.05, 4.69) is 60.1 Å². The van der Waals surface area contributed by atoms with Crippen LogP contribution in [0, 0.1) is 0 Å². The molecular weight excluding hydrogens is 248 g/mol. The van der Waals surface area contributed by atoms with E-state index >= 15 is 0 Å². The van der Waals surface area contributed by atoms with Gasteiger partial charge < -0.3 is 14.2 Å². The molecule has 0 saturated heterocycles. The molecule has 106 valence electrons. The molecule has 0 atom stereocenters. The molecule has 0 N–H and O–H groups in total. The Labute approximate surface area is 120 Å². The highest BCUT2D eigenvalue weighted by atomic mass is 16.5. The van der Waals surface area contributed by atoms with Crippen molar-refractivity contribution in [3.63, 3.8) is 0 Å². The number of nitrogens with zero attached hydrogens (tertiary/aromatic N) is 2. The van der Waals surface area contributed by atoms with E-state index in [4.69, 9.17) is 4.74 Å². The van der Waals surface area contributed by atoms with Gasteiger partial charge in [-0.15, -0.1) is 0 Å². The molecule has 0 spiro atoms. The van der Waals surface area contributed by atoms with Crippen molar-refractivity contribution in [2.24, 2.45) is 0 Å². The van der Waals surface area contributed by atoms with E-state index in [1.807, 2.05) is 0 Å². The average Bonchev–Trinajstić information content (AvgIpc) is 2.88. The molecule has 2 heterocycles. The van der Waals surface area contributed by atoms with E-state index in [-0.39, 0.29) is 0 Å². The zero-order valence-electron chi connectivity index (χ0n) is 12.3. The monoisotopic (exact) mass is 270 g/mol. The van der Waals surface area contributed by atoms with Crippen molar-refractivity contribution in [1.29, 1.82) is 0 Å². The fourth-order valence-electron chi connectivity index (χ4n) is 2.68. The number of fused-ring (bicyclic) bond motifs is 1. The third kappa shape index (κ3) is 2.79. The van der Waals surface area contributed by atoms with Crippen molar-refractivity contribution in [3.05, 3.63) is 42.1 Å². The number of rotatable bonds is 4. The van der Waals surface area contributed by atoms with Gasteiger partial charge in [0.05, 0.1) is 13.2 Å². The smallest absolute Gasteiger partial charge is 0.0653 e. The molecule has 1 aliphatic rings. The molecule has 0 aliphatic carbocycles. The quantitative estimate of drug-likeness (QED) is 0.849. The average molecular weight is 270 g/mol. The number of ether oxygens (including phenoxy) is 1. The Bertz CT molecular complexity index is 625. The number of hydrogen-bond donors (Lipinski definition) is 0. The lowest BCUT2D eigenvalue weighted by molar-refractivity contribution is 0.161. The van der Waals surface area contributed by atoms with Gasteiger partial charge in [-0.2, -0.15) is 0 Å². The van der Waals surface area contributed by atoms with Gasteiger partial charge in [0.1, 0.15) is 0 Å². The molecule has 0 amide bonds. The summed E-state index contributed by atoms with van der Waals surface area (Å²) in [5, 5.41) is 1.32. The van der Waals surface area contributed by atoms with Gasteiger partial charge in [0.2, 0.25) is 0 Å². The maximum Gasteiger partial charge on any atom is 0.0653 e. The SMILES string of the molecule is CN(C)CCn1ccc2ccc(C3=CCOCC3)cc21. The summed E-state index contributed by atoms with van der Waals surface area (Å²) < 4.78 is 7.74. The lowest BCUT2D eigenvalue weighted by atomic mass is 10.0. The van der Waals surface area contributed by atoms with Crippen molar-refractivity contribution >= 4 is 16.5 Å². The minimum atomic E-state index is 0.745. The third-order valence-corrected chi connectivity index (χ3v) is 3.90. The van der Waals surface area contributed by atoms with Crippen LogP contribution in [0.5, 0.6) is 0 Å². The second kappa shape index (κ2) is 5.81. The standard InChI is InChI=1S/C17H22N2O/c1-18(2)9-10-19-8-5-15-3-4-16(13-17(15)19)14-6-11-20-12-7-14/h3-6,8,13H,7,9-12H2,1-2H3. The minimum Gasteiger partial charge on any atom is -0.377 e. The second-order valence-electron chi connectivity index (χ2n) is 5.64. The van der Waals surface area contributed by atoms with Crippen LogP contribution in [0.3, 0.4) is 0 Å². The highest BCUT2D eigenvalue weighted by molar-refractivity contribution is 5.84. The van der Waals surface area contributed by atoms with Gasteiger partial charge >= 0.3 is 0 Å². The first-order valence-corrected chi connectivity index (χ1v) is 7.25. The summed E-state index contributed by atoms with van der Waals surface area (Å²) in [6, 6.07) is 8.98. The number of likely N-dealkylation sites (N-methyl/N-ethyl adjacent to an activating group) is 1. The Kier molecular flexibility index (Phi) is 3.90. The summed E-state index contributed by atoms with van der Waals surface area (Å²) in [4.78, 5) is 2.22. The van der Waals surface area contributed by atoms with Crippen LogP contribution in [0.2, 0.25) is 0 Å². The van der Waals surface area contributed by atoms with E-state index in [1.54, 1.807) is 0 Å². The first-order chi connectivity index (χ1) is 9.74. The molecule has 1 aliphatic heterocycles. The molecule has 0 bridgehead atoms. The summed E-state index contributed by atoms with van der Waals surface area (Å²) >= 11 is 0.